The molecule has 0 N–H and O–H groups in total. The van der Waals surface area contributed by atoms with Gasteiger partial charge < -0.3 is 14.5 Å². The summed E-state index contributed by atoms with van der Waals surface area (Å²) in [5.41, 5.74) is 3.59. The van der Waals surface area contributed by atoms with E-state index in [0.717, 1.165) is 55.4 Å². The number of anilines is 1. The maximum atomic E-state index is 13.1. The fourth-order valence-corrected chi connectivity index (χ4v) is 4.25. The van der Waals surface area contributed by atoms with Crippen LogP contribution in [0.1, 0.15) is 24.0 Å². The number of nitrogens with zero attached hydrogens (tertiary/aromatic N) is 3. The summed E-state index contributed by atoms with van der Waals surface area (Å²) >= 11 is 6.19. The third-order valence-corrected chi connectivity index (χ3v) is 6.30. The Kier molecular flexibility index (Phi) is 6.49. The van der Waals surface area contributed by atoms with E-state index in [1.807, 2.05) is 36.4 Å². The van der Waals surface area contributed by atoms with Gasteiger partial charge >= 0.3 is 0 Å². The van der Waals surface area contributed by atoms with Gasteiger partial charge in [-0.1, -0.05) is 29.8 Å². The summed E-state index contributed by atoms with van der Waals surface area (Å²) in [6.07, 6.45) is 2.23. The van der Waals surface area contributed by atoms with E-state index >= 15 is 0 Å². The Hall–Kier alpha value is -2.24. The zero-order valence-electron chi connectivity index (χ0n) is 17.8. The van der Waals surface area contributed by atoms with Crippen LogP contribution in [0.2, 0.25) is 5.02 Å². The van der Waals surface area contributed by atoms with Crippen molar-refractivity contribution in [2.45, 2.75) is 32.4 Å². The van der Waals surface area contributed by atoms with Crippen molar-refractivity contribution in [1.29, 1.82) is 0 Å². The molecule has 1 amide bonds. The molecule has 2 aromatic rings. The molecule has 4 rings (SSSR count). The number of benzene rings is 2. The highest BCUT2D eigenvalue weighted by molar-refractivity contribution is 6.30. The summed E-state index contributed by atoms with van der Waals surface area (Å²) in [6, 6.07) is 14.5. The minimum atomic E-state index is 0.237. The second-order valence-electron chi connectivity index (χ2n) is 8.29. The predicted octanol–water partition coefficient (Wildman–Crippen LogP) is 3.97. The molecule has 0 bridgehead atoms. The number of hydrogen-bond donors (Lipinski definition) is 0. The second kappa shape index (κ2) is 9.27. The van der Waals surface area contributed by atoms with E-state index in [9.17, 15) is 4.79 Å². The molecule has 0 unspecified atom stereocenters. The number of methoxy groups -OCH3 is 1. The van der Waals surface area contributed by atoms with E-state index in [2.05, 4.69) is 27.7 Å². The average Bonchev–Trinajstić information content (AvgIpc) is 3.60. The number of aryl methyl sites for hydroxylation is 1. The first kappa shape index (κ1) is 21.0. The molecule has 2 fully saturated rings. The van der Waals surface area contributed by atoms with Crippen LogP contribution in [-0.4, -0.2) is 61.6 Å². The first-order chi connectivity index (χ1) is 14.5. The fraction of sp³-hybridized carbons (Fsp3) is 0.458. The van der Waals surface area contributed by atoms with Gasteiger partial charge in [0.2, 0.25) is 5.91 Å². The normalized spacial score (nSPS) is 17.1. The molecular formula is C24H30ClN3O2. The number of ether oxygens (including phenoxy) is 1. The molecule has 1 heterocycles. The minimum absolute atomic E-state index is 0.237. The first-order valence-electron chi connectivity index (χ1n) is 10.7. The van der Waals surface area contributed by atoms with Gasteiger partial charge in [0, 0.05) is 49.5 Å². The van der Waals surface area contributed by atoms with Crippen molar-refractivity contribution in [3.05, 3.63) is 58.6 Å². The van der Waals surface area contributed by atoms with Gasteiger partial charge in [-0.2, -0.15) is 0 Å². The number of carbonyl (C=O) groups excluding carboxylic acids is 1. The largest absolute Gasteiger partial charge is 0.497 e. The fourth-order valence-electron chi connectivity index (χ4n) is 4.09. The van der Waals surface area contributed by atoms with Crippen LogP contribution in [0.25, 0.3) is 0 Å². The molecule has 1 aliphatic heterocycles. The van der Waals surface area contributed by atoms with Crippen molar-refractivity contribution >= 4 is 23.2 Å². The molecule has 0 atom stereocenters. The molecule has 2 aliphatic rings. The van der Waals surface area contributed by atoms with E-state index in [-0.39, 0.29) is 5.91 Å². The minimum Gasteiger partial charge on any atom is -0.497 e. The summed E-state index contributed by atoms with van der Waals surface area (Å²) in [5, 5.41) is 0.770. The van der Waals surface area contributed by atoms with Gasteiger partial charge in [0.1, 0.15) is 5.75 Å². The second-order valence-corrected chi connectivity index (χ2v) is 8.73. The monoisotopic (exact) mass is 427 g/mol. The molecule has 1 saturated carbocycles. The van der Waals surface area contributed by atoms with Crippen molar-refractivity contribution in [3.8, 4) is 5.75 Å². The molecule has 6 heteroatoms. The smallest absolute Gasteiger partial charge is 0.237 e. The number of piperazine rings is 1. The van der Waals surface area contributed by atoms with E-state index < -0.39 is 0 Å². The van der Waals surface area contributed by atoms with E-state index in [0.29, 0.717) is 19.1 Å². The zero-order chi connectivity index (χ0) is 21.1. The highest BCUT2D eigenvalue weighted by Gasteiger charge is 2.33. The van der Waals surface area contributed by atoms with Gasteiger partial charge in [0.25, 0.3) is 0 Å². The summed E-state index contributed by atoms with van der Waals surface area (Å²) in [7, 11) is 1.67. The molecule has 0 radical (unpaired) electrons. The van der Waals surface area contributed by atoms with Crippen molar-refractivity contribution in [2.24, 2.45) is 0 Å². The Morgan fingerprint density at radius 2 is 1.80 bits per heavy atom. The van der Waals surface area contributed by atoms with E-state index in [4.69, 9.17) is 16.3 Å². The van der Waals surface area contributed by atoms with Gasteiger partial charge in [-0.15, -0.1) is 0 Å². The third kappa shape index (κ3) is 5.08. The Morgan fingerprint density at radius 3 is 2.43 bits per heavy atom. The Morgan fingerprint density at radius 1 is 1.10 bits per heavy atom. The van der Waals surface area contributed by atoms with Crippen LogP contribution in [0.3, 0.4) is 0 Å². The summed E-state index contributed by atoms with van der Waals surface area (Å²) < 4.78 is 5.24. The van der Waals surface area contributed by atoms with Crippen LogP contribution in [0.15, 0.2) is 42.5 Å². The standard InChI is InChI=1S/C24H30ClN3O2/c1-18-3-6-20(25)15-23(18)27-13-11-26(12-14-27)17-24(29)28(21-7-8-21)16-19-4-9-22(30-2)10-5-19/h3-6,9-10,15,21H,7-8,11-14,16-17H2,1-2H3. The Balaban J connectivity index is 1.33. The Bertz CT molecular complexity index is 875. The zero-order valence-corrected chi connectivity index (χ0v) is 18.6. The summed E-state index contributed by atoms with van der Waals surface area (Å²) in [6.45, 7) is 6.89. The van der Waals surface area contributed by atoms with Crippen LogP contribution in [0, 0.1) is 6.92 Å². The lowest BCUT2D eigenvalue weighted by atomic mass is 10.1. The first-order valence-corrected chi connectivity index (χ1v) is 11.1. The van der Waals surface area contributed by atoms with Gasteiger partial charge in [0.15, 0.2) is 0 Å². The topological polar surface area (TPSA) is 36.0 Å². The lowest BCUT2D eigenvalue weighted by Crippen LogP contribution is -2.50. The molecule has 5 nitrogen and oxygen atoms in total. The molecule has 2 aromatic carbocycles. The van der Waals surface area contributed by atoms with Crippen LogP contribution < -0.4 is 9.64 Å². The number of halogens is 1. The van der Waals surface area contributed by atoms with E-state index in [1.165, 1.54) is 11.3 Å². The predicted molar refractivity (Wildman–Crippen MR) is 121 cm³/mol. The summed E-state index contributed by atoms with van der Waals surface area (Å²) in [4.78, 5) is 19.8. The highest BCUT2D eigenvalue weighted by Crippen LogP contribution is 2.29. The summed E-state index contributed by atoms with van der Waals surface area (Å²) in [5.74, 6) is 1.08. The SMILES string of the molecule is COc1ccc(CN(C(=O)CN2CCN(c3cc(Cl)ccc3C)CC2)C2CC2)cc1. The molecule has 0 spiro atoms. The number of hydrogen-bond acceptors (Lipinski definition) is 4. The average molecular weight is 428 g/mol. The van der Waals surface area contributed by atoms with Gasteiger partial charge in [-0.05, 0) is 55.2 Å². The Labute approximate surface area is 184 Å². The van der Waals surface area contributed by atoms with Crippen LogP contribution >= 0.6 is 11.6 Å². The molecule has 160 valence electrons. The van der Waals surface area contributed by atoms with Crippen molar-refractivity contribution < 1.29 is 9.53 Å². The lowest BCUT2D eigenvalue weighted by molar-refractivity contribution is -0.133. The van der Waals surface area contributed by atoms with Crippen molar-refractivity contribution in [1.82, 2.24) is 9.80 Å². The molecule has 1 saturated heterocycles. The molecule has 0 aromatic heterocycles. The number of rotatable bonds is 7. The molecule has 30 heavy (non-hydrogen) atoms. The number of carbonyl (C=O) groups is 1. The van der Waals surface area contributed by atoms with E-state index in [1.54, 1.807) is 7.11 Å². The maximum absolute atomic E-state index is 13.1. The molecular weight excluding hydrogens is 398 g/mol. The van der Waals surface area contributed by atoms with Gasteiger partial charge in [0.05, 0.1) is 13.7 Å². The van der Waals surface area contributed by atoms with Crippen molar-refractivity contribution in [2.75, 3.05) is 44.7 Å². The number of amides is 1. The van der Waals surface area contributed by atoms with Crippen molar-refractivity contribution in [3.63, 3.8) is 0 Å². The lowest BCUT2D eigenvalue weighted by Gasteiger charge is -2.37. The van der Waals surface area contributed by atoms with Gasteiger partial charge in [-0.3, -0.25) is 9.69 Å². The highest BCUT2D eigenvalue weighted by atomic mass is 35.5. The van der Waals surface area contributed by atoms with Gasteiger partial charge in [-0.25, -0.2) is 0 Å². The quantitative estimate of drug-likeness (QED) is 0.669. The van der Waals surface area contributed by atoms with Crippen LogP contribution in [-0.2, 0) is 11.3 Å². The van der Waals surface area contributed by atoms with Crippen LogP contribution in [0.5, 0.6) is 5.75 Å². The third-order valence-electron chi connectivity index (χ3n) is 6.06. The van der Waals surface area contributed by atoms with Crippen LogP contribution in [0.4, 0.5) is 5.69 Å². The maximum Gasteiger partial charge on any atom is 0.237 e. The molecule has 1 aliphatic carbocycles.